The largest absolute Gasteiger partial charge is 0.480 e. The predicted molar refractivity (Wildman–Crippen MR) is 72.5 cm³/mol. The maximum absolute atomic E-state index is 13.5. The lowest BCUT2D eigenvalue weighted by Gasteiger charge is -2.20. The van der Waals surface area contributed by atoms with Crippen LogP contribution in [0.15, 0.2) is 24.3 Å². The van der Waals surface area contributed by atoms with Crippen LogP contribution in [-0.2, 0) is 14.3 Å². The number of amides is 1. The van der Waals surface area contributed by atoms with E-state index in [1.165, 1.54) is 25.3 Å². The number of aliphatic carboxylic acids is 1. The number of rotatable bonds is 8. The van der Waals surface area contributed by atoms with Gasteiger partial charge in [-0.1, -0.05) is 19.1 Å². The van der Waals surface area contributed by atoms with Gasteiger partial charge in [0.05, 0.1) is 6.61 Å². The number of nitrogens with one attached hydrogen (secondary N) is 1. The zero-order chi connectivity index (χ0) is 15.8. The van der Waals surface area contributed by atoms with E-state index in [1.54, 1.807) is 13.0 Å². The van der Waals surface area contributed by atoms with Gasteiger partial charge < -0.3 is 19.9 Å². The number of benzene rings is 1. The lowest BCUT2D eigenvalue weighted by molar-refractivity contribution is -0.144. The van der Waals surface area contributed by atoms with E-state index in [-0.39, 0.29) is 18.8 Å². The van der Waals surface area contributed by atoms with Crippen LogP contribution in [0.4, 0.5) is 4.39 Å². The van der Waals surface area contributed by atoms with Crippen molar-refractivity contribution < 1.29 is 28.6 Å². The van der Waals surface area contributed by atoms with Crippen molar-refractivity contribution in [2.75, 3.05) is 13.7 Å². The number of halogens is 1. The lowest BCUT2D eigenvalue weighted by atomic mass is 10.2. The van der Waals surface area contributed by atoms with Crippen LogP contribution in [0.3, 0.4) is 0 Å². The second-order valence-electron chi connectivity index (χ2n) is 4.30. The molecule has 1 amide bonds. The average molecular weight is 299 g/mol. The van der Waals surface area contributed by atoms with Gasteiger partial charge in [0.15, 0.2) is 23.7 Å². The van der Waals surface area contributed by atoms with Gasteiger partial charge in [0.25, 0.3) is 5.91 Å². The number of carboxylic acid groups (broad SMARTS) is 1. The predicted octanol–water partition coefficient (Wildman–Crippen LogP) is 1.20. The molecule has 7 heteroatoms. The SMILES string of the molecule is CCC(Oc1ccccc1F)C(=O)NC(COC)C(=O)O. The van der Waals surface area contributed by atoms with Crippen LogP contribution in [0.25, 0.3) is 0 Å². The molecule has 1 aromatic rings. The molecule has 0 aliphatic rings. The van der Waals surface area contributed by atoms with E-state index >= 15 is 0 Å². The van der Waals surface area contributed by atoms with E-state index in [0.29, 0.717) is 0 Å². The van der Waals surface area contributed by atoms with Crippen LogP contribution < -0.4 is 10.1 Å². The van der Waals surface area contributed by atoms with Crippen LogP contribution >= 0.6 is 0 Å². The lowest BCUT2D eigenvalue weighted by Crippen LogP contribution is -2.49. The third kappa shape index (κ3) is 5.03. The topological polar surface area (TPSA) is 84.9 Å². The fraction of sp³-hybridized carbons (Fsp3) is 0.429. The first kappa shape index (κ1) is 16.9. The summed E-state index contributed by atoms with van der Waals surface area (Å²) in [7, 11) is 1.33. The molecule has 6 nitrogen and oxygen atoms in total. The van der Waals surface area contributed by atoms with E-state index in [2.05, 4.69) is 5.32 Å². The van der Waals surface area contributed by atoms with Crippen molar-refractivity contribution in [3.8, 4) is 5.75 Å². The quantitative estimate of drug-likeness (QED) is 0.753. The Labute approximate surface area is 121 Å². The number of ether oxygens (including phenoxy) is 2. The van der Waals surface area contributed by atoms with Crippen LogP contribution in [0.2, 0.25) is 0 Å². The van der Waals surface area contributed by atoms with Gasteiger partial charge in [0.2, 0.25) is 0 Å². The van der Waals surface area contributed by atoms with E-state index in [0.717, 1.165) is 0 Å². The molecule has 2 atom stereocenters. The molecule has 0 aliphatic carbocycles. The van der Waals surface area contributed by atoms with Crippen molar-refractivity contribution in [1.82, 2.24) is 5.32 Å². The Bertz CT molecular complexity index is 494. The van der Waals surface area contributed by atoms with Gasteiger partial charge in [-0.25, -0.2) is 9.18 Å². The molecule has 0 saturated carbocycles. The molecule has 0 aliphatic heterocycles. The second kappa shape index (κ2) is 8.21. The summed E-state index contributed by atoms with van der Waals surface area (Å²) in [6, 6.07) is 4.51. The number of carbonyl (C=O) groups is 2. The van der Waals surface area contributed by atoms with E-state index in [4.69, 9.17) is 14.6 Å². The normalized spacial score (nSPS) is 13.3. The van der Waals surface area contributed by atoms with Gasteiger partial charge in [-0.15, -0.1) is 0 Å². The van der Waals surface area contributed by atoms with Crippen molar-refractivity contribution in [3.05, 3.63) is 30.1 Å². The fourth-order valence-electron chi connectivity index (χ4n) is 1.62. The van der Waals surface area contributed by atoms with Gasteiger partial charge in [-0.2, -0.15) is 0 Å². The van der Waals surface area contributed by atoms with Gasteiger partial charge in [0, 0.05) is 7.11 Å². The Balaban J connectivity index is 2.73. The fourth-order valence-corrected chi connectivity index (χ4v) is 1.62. The number of carbonyl (C=O) groups excluding carboxylic acids is 1. The summed E-state index contributed by atoms with van der Waals surface area (Å²) in [5, 5.41) is 11.2. The minimum atomic E-state index is -1.22. The maximum atomic E-state index is 13.5. The summed E-state index contributed by atoms with van der Waals surface area (Å²) in [4.78, 5) is 23.0. The summed E-state index contributed by atoms with van der Waals surface area (Å²) in [5.41, 5.74) is 0. The van der Waals surface area contributed by atoms with E-state index in [1.807, 2.05) is 0 Å². The molecule has 21 heavy (non-hydrogen) atoms. The van der Waals surface area contributed by atoms with Crippen molar-refractivity contribution in [3.63, 3.8) is 0 Å². The van der Waals surface area contributed by atoms with Crippen LogP contribution in [0, 0.1) is 5.82 Å². The summed E-state index contributed by atoms with van der Waals surface area (Å²) in [6.07, 6.45) is -0.722. The molecule has 2 unspecified atom stereocenters. The average Bonchev–Trinajstić information content (AvgIpc) is 2.45. The Kier molecular flexibility index (Phi) is 6.61. The zero-order valence-electron chi connectivity index (χ0n) is 11.8. The van der Waals surface area contributed by atoms with Crippen molar-refractivity contribution in [2.45, 2.75) is 25.5 Å². The molecule has 0 spiro atoms. The molecule has 0 bridgehead atoms. The molecule has 0 fully saturated rings. The van der Waals surface area contributed by atoms with Gasteiger partial charge in [-0.3, -0.25) is 4.79 Å². The first-order chi connectivity index (χ1) is 9.99. The van der Waals surface area contributed by atoms with Crippen LogP contribution in [0.5, 0.6) is 5.75 Å². The van der Waals surface area contributed by atoms with E-state index < -0.39 is 29.8 Å². The number of hydrogen-bond acceptors (Lipinski definition) is 4. The molecule has 0 radical (unpaired) electrons. The van der Waals surface area contributed by atoms with Crippen molar-refractivity contribution in [2.24, 2.45) is 0 Å². The van der Waals surface area contributed by atoms with E-state index in [9.17, 15) is 14.0 Å². The highest BCUT2D eigenvalue weighted by molar-refractivity contribution is 5.86. The molecular weight excluding hydrogens is 281 g/mol. The first-order valence-corrected chi connectivity index (χ1v) is 6.42. The monoisotopic (exact) mass is 299 g/mol. The maximum Gasteiger partial charge on any atom is 0.328 e. The molecule has 0 heterocycles. The number of carboxylic acids is 1. The first-order valence-electron chi connectivity index (χ1n) is 6.42. The standard InChI is InChI=1S/C14H18FNO5/c1-3-11(21-12-7-5-4-6-9(12)15)13(17)16-10(8-20-2)14(18)19/h4-7,10-11H,3,8H2,1-2H3,(H,16,17)(H,18,19). The Morgan fingerprint density at radius 3 is 2.57 bits per heavy atom. The minimum absolute atomic E-state index is 0.0573. The number of para-hydroxylation sites is 1. The highest BCUT2D eigenvalue weighted by Crippen LogP contribution is 2.18. The third-order valence-electron chi connectivity index (χ3n) is 2.72. The Morgan fingerprint density at radius 1 is 1.38 bits per heavy atom. The van der Waals surface area contributed by atoms with Crippen LogP contribution in [-0.4, -0.2) is 42.8 Å². The van der Waals surface area contributed by atoms with Gasteiger partial charge >= 0.3 is 5.97 Å². The smallest absolute Gasteiger partial charge is 0.328 e. The van der Waals surface area contributed by atoms with Crippen LogP contribution in [0.1, 0.15) is 13.3 Å². The molecule has 2 N–H and O–H groups in total. The molecule has 0 aromatic heterocycles. The Hall–Kier alpha value is -2.15. The van der Waals surface area contributed by atoms with Crippen molar-refractivity contribution >= 4 is 11.9 Å². The summed E-state index contributed by atoms with van der Waals surface area (Å²) in [6.45, 7) is 1.51. The molecular formula is C14H18FNO5. The third-order valence-corrected chi connectivity index (χ3v) is 2.72. The number of hydrogen-bond donors (Lipinski definition) is 2. The summed E-state index contributed by atoms with van der Waals surface area (Å²) < 4.78 is 23.5. The van der Waals surface area contributed by atoms with Crippen molar-refractivity contribution in [1.29, 1.82) is 0 Å². The Morgan fingerprint density at radius 2 is 2.05 bits per heavy atom. The summed E-state index contributed by atoms with van der Waals surface area (Å²) >= 11 is 0. The van der Waals surface area contributed by atoms with Gasteiger partial charge in [0.1, 0.15) is 0 Å². The highest BCUT2D eigenvalue weighted by Gasteiger charge is 2.26. The molecule has 116 valence electrons. The molecule has 0 saturated heterocycles. The second-order valence-corrected chi connectivity index (χ2v) is 4.30. The molecule has 1 aromatic carbocycles. The highest BCUT2D eigenvalue weighted by atomic mass is 19.1. The summed E-state index contributed by atoms with van der Waals surface area (Å²) in [5.74, 6) is -2.50. The number of methoxy groups -OCH3 is 1. The minimum Gasteiger partial charge on any atom is -0.480 e. The zero-order valence-corrected chi connectivity index (χ0v) is 11.8. The van der Waals surface area contributed by atoms with Gasteiger partial charge in [-0.05, 0) is 18.6 Å². The molecule has 1 rings (SSSR count).